The summed E-state index contributed by atoms with van der Waals surface area (Å²) in [7, 11) is 0. The zero-order valence-electron chi connectivity index (χ0n) is 21.4. The number of hydrogen-bond donors (Lipinski definition) is 2. The van der Waals surface area contributed by atoms with Crippen LogP contribution in [0.4, 0.5) is 23.2 Å². The highest BCUT2D eigenvalue weighted by molar-refractivity contribution is 6.31. The number of carbonyl (C=O) groups is 3. The lowest BCUT2D eigenvalue weighted by atomic mass is 9.76. The lowest BCUT2D eigenvalue weighted by Gasteiger charge is -2.39. The quantitative estimate of drug-likeness (QED) is 0.415. The first-order chi connectivity index (χ1) is 19.3. The van der Waals surface area contributed by atoms with Crippen LogP contribution in [0.1, 0.15) is 32.1 Å². The number of nitrogens with zero attached hydrogens (tertiary/aromatic N) is 1. The van der Waals surface area contributed by atoms with Crippen LogP contribution in [0.2, 0.25) is 10.0 Å². The number of nitrogens with one attached hydrogen (secondary N) is 2. The minimum atomic E-state index is -4.51. The van der Waals surface area contributed by atoms with Crippen LogP contribution in [0.15, 0.2) is 36.4 Å². The highest BCUT2D eigenvalue weighted by atomic mass is 35.5. The number of rotatable bonds is 8. The standard InChI is InChI=1S/C27H25Cl2F4N3O5/c28-15-1-4-21-20(7-15)36(24(38)5-6-27(31,32)33)12-22(41-21)25(39)34-19-11-26(9-14(19)10-26)35-23(37)13-40-16-2-3-17(29)18(30)8-16/h1-4,7-8,14,19,22H,5-6,9-13H2,(H,34,39)(H,35,37). The molecule has 2 aromatic rings. The predicted molar refractivity (Wildman–Crippen MR) is 141 cm³/mol. The van der Waals surface area contributed by atoms with Crippen molar-refractivity contribution in [2.24, 2.45) is 5.92 Å². The van der Waals surface area contributed by atoms with Crippen molar-refractivity contribution in [3.8, 4) is 11.5 Å². The first-order valence-corrected chi connectivity index (χ1v) is 13.6. The Balaban J connectivity index is 1.17. The number of alkyl halides is 3. The van der Waals surface area contributed by atoms with Crippen LogP contribution in [-0.2, 0) is 14.4 Å². The van der Waals surface area contributed by atoms with E-state index >= 15 is 0 Å². The minimum Gasteiger partial charge on any atom is -0.484 e. The molecule has 220 valence electrons. The van der Waals surface area contributed by atoms with E-state index in [4.69, 9.17) is 32.7 Å². The molecule has 0 radical (unpaired) electrons. The third-order valence-corrected chi connectivity index (χ3v) is 8.07. The Bertz CT molecular complexity index is 1370. The van der Waals surface area contributed by atoms with Crippen molar-refractivity contribution in [2.45, 2.75) is 56.0 Å². The van der Waals surface area contributed by atoms with E-state index in [0.717, 1.165) is 11.0 Å². The summed E-state index contributed by atoms with van der Waals surface area (Å²) in [5.41, 5.74) is -0.327. The lowest BCUT2D eigenvalue weighted by Crippen LogP contribution is -2.53. The molecule has 2 aromatic carbocycles. The number of fused-ring (bicyclic) bond motifs is 2. The lowest BCUT2D eigenvalue weighted by molar-refractivity contribution is -0.143. The van der Waals surface area contributed by atoms with Crippen LogP contribution < -0.4 is 25.0 Å². The van der Waals surface area contributed by atoms with Gasteiger partial charge in [0.05, 0.1) is 23.7 Å². The van der Waals surface area contributed by atoms with E-state index in [1.807, 2.05) is 0 Å². The Labute approximate surface area is 242 Å². The maximum Gasteiger partial charge on any atom is 0.389 e. The fraction of sp³-hybridized carbons (Fsp3) is 0.444. The van der Waals surface area contributed by atoms with E-state index in [0.29, 0.717) is 19.3 Å². The molecule has 0 saturated heterocycles. The summed E-state index contributed by atoms with van der Waals surface area (Å²) in [6.45, 7) is -0.611. The van der Waals surface area contributed by atoms with Crippen LogP contribution in [0.25, 0.3) is 0 Å². The average Bonchev–Trinajstić information content (AvgIpc) is 3.40. The minimum absolute atomic E-state index is 0.0618. The number of amides is 3. The van der Waals surface area contributed by atoms with Gasteiger partial charge in [0.15, 0.2) is 12.7 Å². The Morgan fingerprint density at radius 1 is 1.10 bits per heavy atom. The number of hydrogen-bond acceptors (Lipinski definition) is 5. The van der Waals surface area contributed by atoms with E-state index in [9.17, 15) is 31.9 Å². The van der Waals surface area contributed by atoms with Crippen molar-refractivity contribution in [1.29, 1.82) is 0 Å². The van der Waals surface area contributed by atoms with Crippen molar-refractivity contribution < 1.29 is 41.4 Å². The second kappa shape index (κ2) is 11.2. The van der Waals surface area contributed by atoms with Gasteiger partial charge in [-0.1, -0.05) is 23.2 Å². The molecule has 3 amide bonds. The molecule has 2 bridgehead atoms. The van der Waals surface area contributed by atoms with Gasteiger partial charge >= 0.3 is 6.18 Å². The fourth-order valence-corrected chi connectivity index (χ4v) is 5.92. The highest BCUT2D eigenvalue weighted by Crippen LogP contribution is 2.52. The van der Waals surface area contributed by atoms with Gasteiger partial charge < -0.3 is 25.0 Å². The van der Waals surface area contributed by atoms with Gasteiger partial charge in [-0.3, -0.25) is 14.4 Å². The summed E-state index contributed by atoms with van der Waals surface area (Å²) >= 11 is 11.7. The summed E-state index contributed by atoms with van der Waals surface area (Å²) < 4.78 is 63.0. The van der Waals surface area contributed by atoms with Crippen molar-refractivity contribution in [1.82, 2.24) is 10.6 Å². The molecule has 3 fully saturated rings. The number of carbonyl (C=O) groups excluding carboxylic acids is 3. The maximum absolute atomic E-state index is 13.6. The van der Waals surface area contributed by atoms with Gasteiger partial charge in [0, 0.05) is 29.1 Å². The largest absolute Gasteiger partial charge is 0.484 e. The van der Waals surface area contributed by atoms with Gasteiger partial charge in [0.1, 0.15) is 17.3 Å². The summed E-state index contributed by atoms with van der Waals surface area (Å²) in [5, 5.41) is 6.06. The summed E-state index contributed by atoms with van der Waals surface area (Å²) in [6, 6.07) is 7.93. The van der Waals surface area contributed by atoms with Crippen LogP contribution in [0.5, 0.6) is 11.5 Å². The first-order valence-electron chi connectivity index (χ1n) is 12.8. The molecule has 4 aliphatic rings. The molecule has 14 heteroatoms. The van der Waals surface area contributed by atoms with E-state index in [2.05, 4.69) is 10.6 Å². The molecular formula is C27H25Cl2F4N3O5. The van der Waals surface area contributed by atoms with Gasteiger partial charge in [-0.2, -0.15) is 13.2 Å². The summed E-state index contributed by atoms with van der Waals surface area (Å²) in [4.78, 5) is 39.5. The van der Waals surface area contributed by atoms with Gasteiger partial charge in [-0.25, -0.2) is 4.39 Å². The molecule has 0 spiro atoms. The van der Waals surface area contributed by atoms with Crippen LogP contribution in [0.3, 0.4) is 0 Å². The third kappa shape index (κ3) is 6.64. The van der Waals surface area contributed by atoms with Gasteiger partial charge in [-0.15, -0.1) is 0 Å². The van der Waals surface area contributed by atoms with E-state index < -0.39 is 54.2 Å². The van der Waals surface area contributed by atoms with Crippen molar-refractivity contribution in [3.05, 3.63) is 52.3 Å². The Morgan fingerprint density at radius 2 is 1.85 bits per heavy atom. The average molecular weight is 618 g/mol. The van der Waals surface area contributed by atoms with Crippen LogP contribution >= 0.6 is 23.2 Å². The fourth-order valence-electron chi connectivity index (χ4n) is 5.64. The Morgan fingerprint density at radius 3 is 2.56 bits per heavy atom. The van der Waals surface area contributed by atoms with Gasteiger partial charge in [-0.05, 0) is 55.5 Å². The molecule has 2 unspecified atom stereocenters. The van der Waals surface area contributed by atoms with Crippen LogP contribution in [0, 0.1) is 11.7 Å². The van der Waals surface area contributed by atoms with E-state index in [1.165, 1.54) is 30.3 Å². The molecule has 1 heterocycles. The van der Waals surface area contributed by atoms with Gasteiger partial charge in [0.25, 0.3) is 11.8 Å². The molecular weight excluding hydrogens is 593 g/mol. The van der Waals surface area contributed by atoms with Crippen molar-refractivity contribution in [2.75, 3.05) is 18.1 Å². The maximum atomic E-state index is 13.6. The van der Waals surface area contributed by atoms with Gasteiger partial charge in [0.2, 0.25) is 5.91 Å². The van der Waals surface area contributed by atoms with Crippen molar-refractivity contribution >= 4 is 46.6 Å². The predicted octanol–water partition coefficient (Wildman–Crippen LogP) is 4.80. The molecule has 0 aromatic heterocycles. The smallest absolute Gasteiger partial charge is 0.389 e. The molecule has 3 saturated carbocycles. The topological polar surface area (TPSA) is 97.0 Å². The number of anilines is 1. The molecule has 3 aliphatic carbocycles. The Kier molecular flexibility index (Phi) is 7.99. The molecule has 6 rings (SSSR count). The molecule has 41 heavy (non-hydrogen) atoms. The molecule has 1 aliphatic heterocycles. The number of benzene rings is 2. The second-order valence-corrected chi connectivity index (χ2v) is 11.4. The number of halogens is 6. The highest BCUT2D eigenvalue weighted by Gasteiger charge is 2.57. The summed E-state index contributed by atoms with van der Waals surface area (Å²) in [5.74, 6) is -1.98. The summed E-state index contributed by atoms with van der Waals surface area (Å²) in [6.07, 6.45) is -6.03. The molecule has 2 atom stereocenters. The van der Waals surface area contributed by atoms with E-state index in [1.54, 1.807) is 0 Å². The molecule has 2 N–H and O–H groups in total. The Hall–Kier alpha value is -3.25. The molecule has 8 nitrogen and oxygen atoms in total. The zero-order valence-corrected chi connectivity index (χ0v) is 22.9. The zero-order chi connectivity index (χ0) is 29.5. The second-order valence-electron chi connectivity index (χ2n) is 10.5. The van der Waals surface area contributed by atoms with Crippen LogP contribution in [-0.4, -0.2) is 54.7 Å². The SMILES string of the molecule is O=C(COc1ccc(Cl)c(F)c1)NC12CC(C1)C(NC(=O)C1CN(C(=O)CCC(F)(F)F)c3cc(Cl)ccc3O1)C2. The number of ether oxygens (including phenoxy) is 2. The van der Waals surface area contributed by atoms with Crippen molar-refractivity contribution in [3.63, 3.8) is 0 Å². The normalized spacial score (nSPS) is 24.5. The third-order valence-electron chi connectivity index (χ3n) is 7.52. The monoisotopic (exact) mass is 617 g/mol. The van der Waals surface area contributed by atoms with E-state index in [-0.39, 0.29) is 52.3 Å². The first kappa shape index (κ1) is 29.2.